The number of likely N-dealkylation sites (N-methyl/N-ethyl adjacent to an activating group) is 1. The Morgan fingerprint density at radius 2 is 2.14 bits per heavy atom. The first kappa shape index (κ1) is 15.0. The first-order chi connectivity index (χ1) is 10.7. The minimum atomic E-state index is -0.0204. The summed E-state index contributed by atoms with van der Waals surface area (Å²) in [6.45, 7) is 4.63. The smallest absolute Gasteiger partial charge is 0.261 e. The Kier molecular flexibility index (Phi) is 4.70. The standard InChI is InChI=1S/C16H20N4OS/c1-19-6-8-20(9-7-19)15-11-13(4-5-17-15)12-18-16(21)14-3-2-10-22-14/h2-5,10-11H,6-9,12H2,1H3,(H,18,21). The third-order valence-corrected chi connectivity index (χ3v) is 4.70. The quantitative estimate of drug-likeness (QED) is 0.935. The number of piperazine rings is 1. The van der Waals surface area contributed by atoms with Gasteiger partial charge in [0.05, 0.1) is 4.88 Å². The fourth-order valence-corrected chi connectivity index (χ4v) is 3.10. The van der Waals surface area contributed by atoms with Crippen LogP contribution in [-0.4, -0.2) is 49.0 Å². The highest BCUT2D eigenvalue weighted by Gasteiger charge is 2.15. The van der Waals surface area contributed by atoms with E-state index in [1.54, 1.807) is 0 Å². The van der Waals surface area contributed by atoms with Gasteiger partial charge in [-0.1, -0.05) is 6.07 Å². The lowest BCUT2D eigenvalue weighted by molar-refractivity contribution is 0.0955. The third kappa shape index (κ3) is 3.64. The topological polar surface area (TPSA) is 48.5 Å². The summed E-state index contributed by atoms with van der Waals surface area (Å²) in [5, 5.41) is 4.87. The molecule has 2 aromatic heterocycles. The molecular formula is C16H20N4OS. The van der Waals surface area contributed by atoms with Gasteiger partial charge in [-0.2, -0.15) is 0 Å². The largest absolute Gasteiger partial charge is 0.354 e. The molecule has 0 radical (unpaired) electrons. The number of thiophene rings is 1. The molecular weight excluding hydrogens is 296 g/mol. The number of carbonyl (C=O) groups is 1. The van der Waals surface area contributed by atoms with Crippen molar-refractivity contribution in [1.82, 2.24) is 15.2 Å². The first-order valence-corrected chi connectivity index (χ1v) is 8.30. The number of hydrogen-bond donors (Lipinski definition) is 1. The number of amides is 1. The lowest BCUT2D eigenvalue weighted by Crippen LogP contribution is -2.44. The highest BCUT2D eigenvalue weighted by molar-refractivity contribution is 7.12. The molecule has 0 atom stereocenters. The van der Waals surface area contributed by atoms with E-state index in [2.05, 4.69) is 33.2 Å². The predicted octanol–water partition coefficient (Wildman–Crippen LogP) is 1.82. The van der Waals surface area contributed by atoms with Gasteiger partial charge in [0.25, 0.3) is 5.91 Å². The van der Waals surface area contributed by atoms with Crippen molar-refractivity contribution >= 4 is 23.1 Å². The van der Waals surface area contributed by atoms with Gasteiger partial charge in [0.15, 0.2) is 0 Å². The van der Waals surface area contributed by atoms with Crippen LogP contribution in [-0.2, 0) is 6.54 Å². The SMILES string of the molecule is CN1CCN(c2cc(CNC(=O)c3cccs3)ccn2)CC1. The van der Waals surface area contributed by atoms with Gasteiger partial charge in [0, 0.05) is 38.9 Å². The van der Waals surface area contributed by atoms with Gasteiger partial charge in [-0.25, -0.2) is 4.98 Å². The Labute approximate surface area is 134 Å². The maximum absolute atomic E-state index is 12.0. The molecule has 0 aliphatic carbocycles. The number of rotatable bonds is 4. The van der Waals surface area contributed by atoms with E-state index in [1.807, 2.05) is 29.8 Å². The van der Waals surface area contributed by atoms with Crippen LogP contribution in [0, 0.1) is 0 Å². The molecule has 0 spiro atoms. The summed E-state index contributed by atoms with van der Waals surface area (Å²) in [6, 6.07) is 7.74. The lowest BCUT2D eigenvalue weighted by Gasteiger charge is -2.33. The maximum atomic E-state index is 12.0. The van der Waals surface area contributed by atoms with Crippen LogP contribution < -0.4 is 10.2 Å². The van der Waals surface area contributed by atoms with Gasteiger partial charge in [-0.3, -0.25) is 4.79 Å². The Hall–Kier alpha value is -1.92. The monoisotopic (exact) mass is 316 g/mol. The molecule has 0 saturated carbocycles. The van der Waals surface area contributed by atoms with E-state index in [-0.39, 0.29) is 5.91 Å². The molecule has 2 aromatic rings. The molecule has 1 amide bonds. The molecule has 0 unspecified atom stereocenters. The molecule has 1 fully saturated rings. The Morgan fingerprint density at radius 3 is 2.86 bits per heavy atom. The molecule has 1 saturated heterocycles. The number of anilines is 1. The van der Waals surface area contributed by atoms with Gasteiger partial charge >= 0.3 is 0 Å². The zero-order valence-corrected chi connectivity index (χ0v) is 13.5. The zero-order chi connectivity index (χ0) is 15.4. The minimum absolute atomic E-state index is 0.0204. The van der Waals surface area contributed by atoms with Crippen LogP contribution in [0.4, 0.5) is 5.82 Å². The summed E-state index contributed by atoms with van der Waals surface area (Å²) >= 11 is 1.45. The highest BCUT2D eigenvalue weighted by atomic mass is 32.1. The first-order valence-electron chi connectivity index (χ1n) is 7.42. The summed E-state index contributed by atoms with van der Waals surface area (Å²) in [5.41, 5.74) is 1.08. The summed E-state index contributed by atoms with van der Waals surface area (Å²) in [6.07, 6.45) is 1.82. The molecule has 6 heteroatoms. The molecule has 3 rings (SSSR count). The fraction of sp³-hybridized carbons (Fsp3) is 0.375. The molecule has 5 nitrogen and oxygen atoms in total. The molecule has 1 aliphatic rings. The summed E-state index contributed by atoms with van der Waals surface area (Å²) < 4.78 is 0. The molecule has 0 bridgehead atoms. The second-order valence-corrected chi connectivity index (χ2v) is 6.42. The van der Waals surface area contributed by atoms with Crippen LogP contribution in [0.5, 0.6) is 0 Å². The van der Waals surface area contributed by atoms with E-state index < -0.39 is 0 Å². The Bertz CT molecular complexity index is 621. The Balaban J connectivity index is 1.60. The molecule has 1 aliphatic heterocycles. The van der Waals surface area contributed by atoms with E-state index in [9.17, 15) is 4.79 Å². The number of aromatic nitrogens is 1. The van der Waals surface area contributed by atoms with Gasteiger partial charge < -0.3 is 15.1 Å². The molecule has 3 heterocycles. The number of nitrogens with one attached hydrogen (secondary N) is 1. The van der Waals surface area contributed by atoms with Crippen LogP contribution in [0.3, 0.4) is 0 Å². The van der Waals surface area contributed by atoms with Gasteiger partial charge in [0.2, 0.25) is 0 Å². The van der Waals surface area contributed by atoms with Crippen molar-refractivity contribution in [3.05, 3.63) is 46.3 Å². The Morgan fingerprint density at radius 1 is 1.32 bits per heavy atom. The molecule has 116 valence electrons. The van der Waals surface area contributed by atoms with E-state index in [4.69, 9.17) is 0 Å². The second-order valence-electron chi connectivity index (χ2n) is 5.47. The maximum Gasteiger partial charge on any atom is 0.261 e. The average molecular weight is 316 g/mol. The van der Waals surface area contributed by atoms with E-state index >= 15 is 0 Å². The van der Waals surface area contributed by atoms with Crippen LogP contribution in [0.25, 0.3) is 0 Å². The van der Waals surface area contributed by atoms with Crippen molar-refractivity contribution < 1.29 is 4.79 Å². The van der Waals surface area contributed by atoms with Crippen LogP contribution in [0.2, 0.25) is 0 Å². The van der Waals surface area contributed by atoms with Crippen LogP contribution in [0.15, 0.2) is 35.8 Å². The number of carbonyl (C=O) groups excluding carboxylic acids is 1. The molecule has 1 N–H and O–H groups in total. The van der Waals surface area contributed by atoms with Gasteiger partial charge in [-0.15, -0.1) is 11.3 Å². The van der Waals surface area contributed by atoms with Crippen molar-refractivity contribution in [2.45, 2.75) is 6.54 Å². The van der Waals surface area contributed by atoms with Crippen LogP contribution >= 0.6 is 11.3 Å². The third-order valence-electron chi connectivity index (χ3n) is 3.84. The second kappa shape index (κ2) is 6.89. The summed E-state index contributed by atoms with van der Waals surface area (Å²) in [7, 11) is 2.14. The zero-order valence-electron chi connectivity index (χ0n) is 12.7. The van der Waals surface area contributed by atoms with Crippen molar-refractivity contribution in [2.75, 3.05) is 38.1 Å². The number of nitrogens with zero attached hydrogens (tertiary/aromatic N) is 3. The van der Waals surface area contributed by atoms with Crippen molar-refractivity contribution in [2.24, 2.45) is 0 Å². The number of pyridine rings is 1. The summed E-state index contributed by atoms with van der Waals surface area (Å²) in [5.74, 6) is 0.976. The molecule has 0 aromatic carbocycles. The fourth-order valence-electron chi connectivity index (χ4n) is 2.46. The van der Waals surface area contributed by atoms with Gasteiger partial charge in [-0.05, 0) is 36.2 Å². The predicted molar refractivity (Wildman–Crippen MR) is 89.4 cm³/mol. The van der Waals surface area contributed by atoms with Crippen molar-refractivity contribution in [3.63, 3.8) is 0 Å². The summed E-state index contributed by atoms with van der Waals surface area (Å²) in [4.78, 5) is 21.8. The van der Waals surface area contributed by atoms with E-state index in [0.717, 1.165) is 42.4 Å². The highest BCUT2D eigenvalue weighted by Crippen LogP contribution is 2.15. The minimum Gasteiger partial charge on any atom is -0.354 e. The lowest BCUT2D eigenvalue weighted by atomic mass is 10.2. The normalized spacial score (nSPS) is 15.8. The molecule has 22 heavy (non-hydrogen) atoms. The van der Waals surface area contributed by atoms with Crippen LogP contribution in [0.1, 0.15) is 15.2 Å². The van der Waals surface area contributed by atoms with Crippen molar-refractivity contribution in [1.29, 1.82) is 0 Å². The van der Waals surface area contributed by atoms with E-state index in [0.29, 0.717) is 6.54 Å². The van der Waals surface area contributed by atoms with Gasteiger partial charge in [0.1, 0.15) is 5.82 Å². The average Bonchev–Trinajstić information content (AvgIpc) is 3.08. The number of hydrogen-bond acceptors (Lipinski definition) is 5. The van der Waals surface area contributed by atoms with E-state index in [1.165, 1.54) is 11.3 Å². The van der Waals surface area contributed by atoms with Crippen molar-refractivity contribution in [3.8, 4) is 0 Å².